The molecule has 0 bridgehead atoms. The molecule has 0 N–H and O–H groups in total. The molecule has 18 heavy (non-hydrogen) atoms. The van der Waals surface area contributed by atoms with Gasteiger partial charge in [-0.2, -0.15) is 0 Å². The number of esters is 1. The molecule has 0 heterocycles. The Morgan fingerprint density at radius 1 is 1.33 bits per heavy atom. The van der Waals surface area contributed by atoms with Crippen molar-refractivity contribution in [3.8, 4) is 0 Å². The number of hydrogen-bond donors (Lipinski definition) is 0. The number of carbonyl (C=O) groups excluding carboxylic acids is 1. The maximum atomic E-state index is 11.1. The maximum Gasteiger partial charge on any atom is 0.330 e. The Labute approximate surface area is 106 Å². The second kappa shape index (κ2) is 4.30. The van der Waals surface area contributed by atoms with Gasteiger partial charge in [-0.3, -0.25) is 0 Å². The second-order valence-electron chi connectivity index (χ2n) is 4.60. The first-order valence-corrected chi connectivity index (χ1v) is 6.09. The highest BCUT2D eigenvalue weighted by Gasteiger charge is 2.24. The van der Waals surface area contributed by atoms with Crippen LogP contribution in [0.5, 0.6) is 0 Å². The number of ether oxygens (including phenoxy) is 1. The molecule has 2 nitrogen and oxygen atoms in total. The molecule has 0 amide bonds. The van der Waals surface area contributed by atoms with E-state index in [0.717, 1.165) is 6.42 Å². The SMILES string of the molecule is C=CC(=O)OCC1Cc2cccc3cccc1c23. The van der Waals surface area contributed by atoms with Crippen LogP contribution in [0.2, 0.25) is 0 Å². The van der Waals surface area contributed by atoms with E-state index in [4.69, 9.17) is 4.74 Å². The van der Waals surface area contributed by atoms with Crippen molar-refractivity contribution in [2.75, 3.05) is 6.61 Å². The van der Waals surface area contributed by atoms with Gasteiger partial charge in [-0.25, -0.2) is 4.79 Å². The average molecular weight is 238 g/mol. The molecule has 2 aromatic carbocycles. The first kappa shape index (κ1) is 11.0. The summed E-state index contributed by atoms with van der Waals surface area (Å²) in [5, 5.41) is 2.60. The Morgan fingerprint density at radius 3 is 2.89 bits per heavy atom. The third-order valence-corrected chi connectivity index (χ3v) is 3.52. The van der Waals surface area contributed by atoms with Gasteiger partial charge in [0.25, 0.3) is 0 Å². The molecule has 3 rings (SSSR count). The van der Waals surface area contributed by atoms with Crippen LogP contribution in [0.3, 0.4) is 0 Å². The molecule has 1 unspecified atom stereocenters. The van der Waals surface area contributed by atoms with Gasteiger partial charge in [0.2, 0.25) is 0 Å². The Bertz CT molecular complexity index is 623. The first-order valence-electron chi connectivity index (χ1n) is 6.09. The zero-order valence-electron chi connectivity index (χ0n) is 10.1. The van der Waals surface area contributed by atoms with Gasteiger partial charge in [0, 0.05) is 12.0 Å². The Balaban J connectivity index is 1.93. The Kier molecular flexibility index (Phi) is 2.63. The molecular weight excluding hydrogens is 224 g/mol. The molecule has 0 radical (unpaired) electrons. The number of carbonyl (C=O) groups is 1. The standard InChI is InChI=1S/C16H14O2/c1-2-15(17)18-10-13-9-12-7-3-5-11-6-4-8-14(13)16(11)12/h2-8,13H,1,9-10H2. The minimum atomic E-state index is -0.349. The van der Waals surface area contributed by atoms with Crippen molar-refractivity contribution in [3.63, 3.8) is 0 Å². The zero-order chi connectivity index (χ0) is 12.5. The van der Waals surface area contributed by atoms with Crippen molar-refractivity contribution in [3.05, 3.63) is 60.2 Å². The van der Waals surface area contributed by atoms with Gasteiger partial charge in [0.15, 0.2) is 0 Å². The molecule has 0 fully saturated rings. The van der Waals surface area contributed by atoms with Crippen LogP contribution in [-0.4, -0.2) is 12.6 Å². The van der Waals surface area contributed by atoms with Crippen molar-refractivity contribution in [1.29, 1.82) is 0 Å². The van der Waals surface area contributed by atoms with Crippen LogP contribution in [-0.2, 0) is 16.0 Å². The molecule has 0 aliphatic heterocycles. The highest BCUT2D eigenvalue weighted by molar-refractivity contribution is 5.91. The van der Waals surface area contributed by atoms with E-state index in [-0.39, 0.29) is 11.9 Å². The molecule has 0 aromatic heterocycles. The number of hydrogen-bond acceptors (Lipinski definition) is 2. The van der Waals surface area contributed by atoms with E-state index >= 15 is 0 Å². The summed E-state index contributed by atoms with van der Waals surface area (Å²) in [6.07, 6.45) is 2.16. The summed E-state index contributed by atoms with van der Waals surface area (Å²) in [7, 11) is 0. The van der Waals surface area contributed by atoms with Crippen LogP contribution in [0, 0.1) is 0 Å². The molecule has 2 heteroatoms. The summed E-state index contributed by atoms with van der Waals surface area (Å²) in [4.78, 5) is 11.1. The predicted octanol–water partition coefficient (Wildman–Crippen LogP) is 3.21. The Morgan fingerprint density at radius 2 is 2.11 bits per heavy atom. The highest BCUT2D eigenvalue weighted by Crippen LogP contribution is 2.38. The van der Waals surface area contributed by atoms with Crippen LogP contribution in [0.4, 0.5) is 0 Å². The quantitative estimate of drug-likeness (QED) is 0.606. The fourth-order valence-electron chi connectivity index (χ4n) is 2.73. The van der Waals surface area contributed by atoms with E-state index in [0.29, 0.717) is 6.61 Å². The van der Waals surface area contributed by atoms with E-state index in [1.807, 2.05) is 0 Å². The summed E-state index contributed by atoms with van der Waals surface area (Å²) < 4.78 is 5.18. The van der Waals surface area contributed by atoms with Crippen molar-refractivity contribution in [2.45, 2.75) is 12.3 Å². The van der Waals surface area contributed by atoms with Gasteiger partial charge in [-0.05, 0) is 28.3 Å². The topological polar surface area (TPSA) is 26.3 Å². The van der Waals surface area contributed by atoms with Gasteiger partial charge < -0.3 is 4.74 Å². The van der Waals surface area contributed by atoms with Crippen molar-refractivity contribution in [2.24, 2.45) is 0 Å². The summed E-state index contributed by atoms with van der Waals surface area (Å²) in [6.45, 7) is 3.84. The number of rotatable bonds is 3. The maximum absolute atomic E-state index is 11.1. The second-order valence-corrected chi connectivity index (χ2v) is 4.60. The van der Waals surface area contributed by atoms with E-state index in [9.17, 15) is 4.79 Å². The molecule has 1 atom stereocenters. The molecular formula is C16H14O2. The lowest BCUT2D eigenvalue weighted by Crippen LogP contribution is -2.10. The van der Waals surface area contributed by atoms with E-state index in [2.05, 4.69) is 43.0 Å². The fourth-order valence-corrected chi connectivity index (χ4v) is 2.73. The van der Waals surface area contributed by atoms with Gasteiger partial charge >= 0.3 is 5.97 Å². The van der Waals surface area contributed by atoms with Crippen molar-refractivity contribution in [1.82, 2.24) is 0 Å². The smallest absolute Gasteiger partial charge is 0.330 e. The third kappa shape index (κ3) is 1.70. The van der Waals surface area contributed by atoms with Gasteiger partial charge in [-0.1, -0.05) is 43.0 Å². The van der Waals surface area contributed by atoms with Crippen molar-refractivity contribution >= 4 is 16.7 Å². The highest BCUT2D eigenvalue weighted by atomic mass is 16.5. The van der Waals surface area contributed by atoms with E-state index < -0.39 is 0 Å². The van der Waals surface area contributed by atoms with E-state index in [1.54, 1.807) is 0 Å². The van der Waals surface area contributed by atoms with Crippen LogP contribution >= 0.6 is 0 Å². The van der Waals surface area contributed by atoms with Crippen LogP contribution in [0.15, 0.2) is 49.1 Å². The van der Waals surface area contributed by atoms with Crippen LogP contribution < -0.4 is 0 Å². The Hall–Kier alpha value is -2.09. The normalized spacial score (nSPS) is 16.8. The third-order valence-electron chi connectivity index (χ3n) is 3.52. The molecule has 1 aliphatic carbocycles. The minimum absolute atomic E-state index is 0.273. The molecule has 0 saturated heterocycles. The lowest BCUT2D eigenvalue weighted by atomic mass is 10.0. The minimum Gasteiger partial charge on any atom is -0.462 e. The fraction of sp³-hybridized carbons (Fsp3) is 0.188. The van der Waals surface area contributed by atoms with Crippen LogP contribution in [0.1, 0.15) is 17.0 Å². The molecule has 0 spiro atoms. The molecule has 0 saturated carbocycles. The number of benzene rings is 2. The van der Waals surface area contributed by atoms with Gasteiger partial charge in [0.1, 0.15) is 0 Å². The predicted molar refractivity (Wildman–Crippen MR) is 71.5 cm³/mol. The first-order chi connectivity index (χ1) is 8.79. The van der Waals surface area contributed by atoms with Gasteiger partial charge in [-0.15, -0.1) is 0 Å². The summed E-state index contributed by atoms with van der Waals surface area (Å²) in [5.74, 6) is -0.0758. The molecule has 1 aliphatic rings. The lowest BCUT2D eigenvalue weighted by Gasteiger charge is -2.11. The van der Waals surface area contributed by atoms with E-state index in [1.165, 1.54) is 28.0 Å². The summed E-state index contributed by atoms with van der Waals surface area (Å²) >= 11 is 0. The molecule has 2 aromatic rings. The van der Waals surface area contributed by atoms with Gasteiger partial charge in [0.05, 0.1) is 6.61 Å². The van der Waals surface area contributed by atoms with Crippen molar-refractivity contribution < 1.29 is 9.53 Å². The lowest BCUT2D eigenvalue weighted by molar-refractivity contribution is -0.138. The van der Waals surface area contributed by atoms with Crippen LogP contribution in [0.25, 0.3) is 10.8 Å². The molecule has 90 valence electrons. The monoisotopic (exact) mass is 238 g/mol. The summed E-state index contributed by atoms with van der Waals surface area (Å²) in [5.41, 5.74) is 2.64. The average Bonchev–Trinajstić information content (AvgIpc) is 2.77. The largest absolute Gasteiger partial charge is 0.462 e. The summed E-state index contributed by atoms with van der Waals surface area (Å²) in [6, 6.07) is 12.7. The zero-order valence-corrected chi connectivity index (χ0v) is 10.1.